The summed E-state index contributed by atoms with van der Waals surface area (Å²) in [7, 11) is 0. The quantitative estimate of drug-likeness (QED) is 0.524. The van der Waals surface area contributed by atoms with E-state index in [9.17, 15) is 9.59 Å². The molecule has 1 aromatic heterocycles. The molecule has 1 saturated heterocycles. The van der Waals surface area contributed by atoms with Gasteiger partial charge >= 0.3 is 5.69 Å². The van der Waals surface area contributed by atoms with Crippen molar-refractivity contribution >= 4 is 17.7 Å². The maximum absolute atomic E-state index is 11.8. The summed E-state index contributed by atoms with van der Waals surface area (Å²) < 4.78 is 7.11. The highest BCUT2D eigenvalue weighted by Gasteiger charge is 2.20. The van der Waals surface area contributed by atoms with E-state index in [0.29, 0.717) is 18.2 Å². The van der Waals surface area contributed by atoms with Gasteiger partial charge in [-0.15, -0.1) is 5.10 Å². The Bertz CT molecular complexity index is 522. The van der Waals surface area contributed by atoms with Crippen LogP contribution in [0.3, 0.4) is 0 Å². The van der Waals surface area contributed by atoms with E-state index in [1.807, 2.05) is 0 Å². The number of carbonyl (C=O) groups excluding carboxylic acids is 1. The number of ether oxygens (including phenoxy) is 1. The predicted molar refractivity (Wildman–Crippen MR) is 85.1 cm³/mol. The Kier molecular flexibility index (Phi) is 6.98. The third-order valence-corrected chi connectivity index (χ3v) is 4.54. The van der Waals surface area contributed by atoms with E-state index in [1.165, 1.54) is 11.8 Å². The lowest BCUT2D eigenvalue weighted by atomic mass is 10.2. The van der Waals surface area contributed by atoms with Crippen LogP contribution < -0.4 is 11.0 Å². The molecule has 7 nitrogen and oxygen atoms in total. The van der Waals surface area contributed by atoms with Gasteiger partial charge in [0.1, 0.15) is 0 Å². The van der Waals surface area contributed by atoms with Crippen LogP contribution in [0.1, 0.15) is 39.0 Å². The number of hydrogen-bond donors (Lipinski definition) is 2. The van der Waals surface area contributed by atoms with Crippen molar-refractivity contribution in [2.24, 2.45) is 0 Å². The van der Waals surface area contributed by atoms with Gasteiger partial charge in [-0.1, -0.05) is 31.5 Å². The fraction of sp³-hybridized carbons (Fsp3) is 0.786. The zero-order valence-electron chi connectivity index (χ0n) is 13.0. The number of rotatable bonds is 9. The molecule has 0 radical (unpaired) electrons. The Morgan fingerprint density at radius 2 is 2.41 bits per heavy atom. The topological polar surface area (TPSA) is 89.0 Å². The average molecular weight is 328 g/mol. The van der Waals surface area contributed by atoms with Crippen LogP contribution >= 0.6 is 11.8 Å². The molecule has 0 saturated carbocycles. The first-order valence-corrected chi connectivity index (χ1v) is 8.85. The fourth-order valence-corrected chi connectivity index (χ4v) is 3.14. The minimum absolute atomic E-state index is 0.0276. The van der Waals surface area contributed by atoms with Gasteiger partial charge in [-0.25, -0.2) is 9.89 Å². The maximum Gasteiger partial charge on any atom is 0.344 e. The van der Waals surface area contributed by atoms with Crippen molar-refractivity contribution in [2.45, 2.75) is 56.8 Å². The first-order valence-electron chi connectivity index (χ1n) is 7.87. The molecule has 1 amide bonds. The van der Waals surface area contributed by atoms with E-state index in [-0.39, 0.29) is 23.5 Å². The molecular formula is C14H24N4O3S. The largest absolute Gasteiger partial charge is 0.376 e. The minimum Gasteiger partial charge on any atom is -0.376 e. The lowest BCUT2D eigenvalue weighted by molar-refractivity contribution is -0.118. The Balaban J connectivity index is 1.79. The molecule has 8 heteroatoms. The zero-order chi connectivity index (χ0) is 15.8. The second kappa shape index (κ2) is 8.99. The van der Waals surface area contributed by atoms with Gasteiger partial charge in [-0.05, 0) is 19.3 Å². The summed E-state index contributed by atoms with van der Waals surface area (Å²) in [5.74, 6) is 0.238. The van der Waals surface area contributed by atoms with Crippen LogP contribution in [-0.4, -0.2) is 45.7 Å². The van der Waals surface area contributed by atoms with E-state index in [4.69, 9.17) is 4.74 Å². The Morgan fingerprint density at radius 3 is 3.14 bits per heavy atom. The van der Waals surface area contributed by atoms with Gasteiger partial charge in [-0.2, -0.15) is 0 Å². The highest BCUT2D eigenvalue weighted by atomic mass is 32.2. The van der Waals surface area contributed by atoms with E-state index in [0.717, 1.165) is 38.7 Å². The molecule has 1 fully saturated rings. The van der Waals surface area contributed by atoms with Crippen LogP contribution in [0.2, 0.25) is 0 Å². The number of unbranched alkanes of at least 4 members (excludes halogenated alkanes) is 2. The number of aromatic nitrogens is 3. The molecule has 1 aliphatic rings. The molecule has 1 aromatic rings. The standard InChI is InChI=1S/C14H24N4O3S/c1-2-3-4-7-15-12(19)10-22-14-17-16-13(20)18(14)9-11-6-5-8-21-11/h11H,2-10H2,1H3,(H,15,19)(H,16,20). The number of thioether (sulfide) groups is 1. The van der Waals surface area contributed by atoms with Gasteiger partial charge < -0.3 is 10.1 Å². The molecule has 0 bridgehead atoms. The highest BCUT2D eigenvalue weighted by Crippen LogP contribution is 2.17. The van der Waals surface area contributed by atoms with Crippen molar-refractivity contribution in [2.75, 3.05) is 18.9 Å². The molecule has 1 unspecified atom stereocenters. The van der Waals surface area contributed by atoms with Gasteiger partial charge in [0.05, 0.1) is 18.4 Å². The Labute approximate surface area is 134 Å². The number of nitrogens with zero attached hydrogens (tertiary/aromatic N) is 2. The van der Waals surface area contributed by atoms with E-state index in [2.05, 4.69) is 22.4 Å². The summed E-state index contributed by atoms with van der Waals surface area (Å²) in [6.45, 7) is 4.08. The Hall–Kier alpha value is -1.28. The normalized spacial score (nSPS) is 17.8. The SMILES string of the molecule is CCCCCNC(=O)CSc1n[nH]c(=O)n1CC1CCCO1. The monoisotopic (exact) mass is 328 g/mol. The lowest BCUT2D eigenvalue weighted by Crippen LogP contribution is -2.27. The first kappa shape index (κ1) is 17.1. The van der Waals surface area contributed by atoms with Crippen molar-refractivity contribution in [1.82, 2.24) is 20.1 Å². The number of carbonyl (C=O) groups is 1. The van der Waals surface area contributed by atoms with Crippen molar-refractivity contribution in [3.8, 4) is 0 Å². The number of amides is 1. The van der Waals surface area contributed by atoms with E-state index in [1.54, 1.807) is 4.57 Å². The maximum atomic E-state index is 11.8. The predicted octanol–water partition coefficient (Wildman–Crippen LogP) is 1.15. The third-order valence-electron chi connectivity index (χ3n) is 3.57. The molecule has 2 N–H and O–H groups in total. The van der Waals surface area contributed by atoms with Gasteiger partial charge in [-0.3, -0.25) is 9.36 Å². The van der Waals surface area contributed by atoms with Crippen LogP contribution in [0.15, 0.2) is 9.95 Å². The molecule has 0 spiro atoms. The van der Waals surface area contributed by atoms with Gasteiger partial charge in [0.15, 0.2) is 5.16 Å². The molecular weight excluding hydrogens is 304 g/mol. The molecule has 0 aromatic carbocycles. The summed E-state index contributed by atoms with van der Waals surface area (Å²) in [4.78, 5) is 23.6. The lowest BCUT2D eigenvalue weighted by Gasteiger charge is -2.11. The van der Waals surface area contributed by atoms with Crippen LogP contribution in [-0.2, 0) is 16.1 Å². The van der Waals surface area contributed by atoms with Gasteiger partial charge in [0.25, 0.3) is 0 Å². The fourth-order valence-electron chi connectivity index (χ4n) is 2.35. The smallest absolute Gasteiger partial charge is 0.344 e. The molecule has 124 valence electrons. The van der Waals surface area contributed by atoms with E-state index >= 15 is 0 Å². The molecule has 2 rings (SSSR count). The van der Waals surface area contributed by atoms with Crippen LogP contribution in [0.25, 0.3) is 0 Å². The third kappa shape index (κ3) is 5.17. The van der Waals surface area contributed by atoms with Crippen molar-refractivity contribution < 1.29 is 9.53 Å². The van der Waals surface area contributed by atoms with Crippen LogP contribution in [0.4, 0.5) is 0 Å². The summed E-state index contributed by atoms with van der Waals surface area (Å²) in [6, 6.07) is 0. The number of aromatic amines is 1. The Morgan fingerprint density at radius 1 is 1.55 bits per heavy atom. The minimum atomic E-state index is -0.249. The molecule has 22 heavy (non-hydrogen) atoms. The van der Waals surface area contributed by atoms with Crippen molar-refractivity contribution in [3.63, 3.8) is 0 Å². The highest BCUT2D eigenvalue weighted by molar-refractivity contribution is 7.99. The van der Waals surface area contributed by atoms with Crippen LogP contribution in [0.5, 0.6) is 0 Å². The second-order valence-electron chi connectivity index (χ2n) is 5.40. The number of H-pyrrole nitrogens is 1. The summed E-state index contributed by atoms with van der Waals surface area (Å²) in [5.41, 5.74) is -0.249. The van der Waals surface area contributed by atoms with E-state index < -0.39 is 0 Å². The second-order valence-corrected chi connectivity index (χ2v) is 6.35. The average Bonchev–Trinajstić information content (AvgIpc) is 3.14. The van der Waals surface area contributed by atoms with Crippen molar-refractivity contribution in [1.29, 1.82) is 0 Å². The first-order chi connectivity index (χ1) is 10.7. The molecule has 0 aliphatic carbocycles. The number of hydrogen-bond acceptors (Lipinski definition) is 5. The van der Waals surface area contributed by atoms with Crippen LogP contribution in [0, 0.1) is 0 Å². The molecule has 1 aliphatic heterocycles. The van der Waals surface area contributed by atoms with Gasteiger partial charge in [0, 0.05) is 13.2 Å². The summed E-state index contributed by atoms with van der Waals surface area (Å²) in [5, 5.41) is 9.86. The molecule has 2 heterocycles. The summed E-state index contributed by atoms with van der Waals surface area (Å²) in [6.07, 6.45) is 5.30. The summed E-state index contributed by atoms with van der Waals surface area (Å²) >= 11 is 1.28. The zero-order valence-corrected chi connectivity index (χ0v) is 13.8. The van der Waals surface area contributed by atoms with Gasteiger partial charge in [0.2, 0.25) is 5.91 Å². The number of nitrogens with one attached hydrogen (secondary N) is 2. The molecule has 1 atom stereocenters. The van der Waals surface area contributed by atoms with Crippen molar-refractivity contribution in [3.05, 3.63) is 10.5 Å².